The highest BCUT2D eigenvalue weighted by molar-refractivity contribution is 7.89. The number of hydrogen-bond acceptors (Lipinski definition) is 3. The Morgan fingerprint density at radius 1 is 0.880 bits per heavy atom. The molecule has 0 aromatic heterocycles. The van der Waals surface area contributed by atoms with Crippen LogP contribution in [0.4, 0.5) is 0 Å². The van der Waals surface area contributed by atoms with Crippen LogP contribution in [0.3, 0.4) is 0 Å². The van der Waals surface area contributed by atoms with Gasteiger partial charge in [0, 0.05) is 6.54 Å². The van der Waals surface area contributed by atoms with Gasteiger partial charge in [0.25, 0.3) is 0 Å². The van der Waals surface area contributed by atoms with E-state index >= 15 is 0 Å². The maximum atomic E-state index is 12.8. The second-order valence-electron chi connectivity index (χ2n) is 6.65. The highest BCUT2D eigenvalue weighted by Crippen LogP contribution is 2.29. The summed E-state index contributed by atoms with van der Waals surface area (Å²) < 4.78 is 28.2. The molecule has 136 valence electrons. The number of sulfonamides is 1. The molecule has 25 heavy (non-hydrogen) atoms. The van der Waals surface area contributed by atoms with Gasteiger partial charge >= 0.3 is 0 Å². The molecule has 0 spiro atoms. The van der Waals surface area contributed by atoms with Gasteiger partial charge in [-0.15, -0.1) is 0 Å². The van der Waals surface area contributed by atoms with Crippen LogP contribution in [-0.4, -0.2) is 26.2 Å². The summed E-state index contributed by atoms with van der Waals surface area (Å²) in [7, 11) is -3.68. The van der Waals surface area contributed by atoms with E-state index in [2.05, 4.69) is 4.72 Å². The third-order valence-electron chi connectivity index (χ3n) is 5.02. The first kappa shape index (κ1) is 19.6. The maximum absolute atomic E-state index is 12.8. The van der Waals surface area contributed by atoms with E-state index in [-0.39, 0.29) is 6.54 Å². The van der Waals surface area contributed by atoms with Gasteiger partial charge in [-0.2, -0.15) is 0 Å². The molecule has 2 rings (SSSR count). The molecule has 0 heterocycles. The van der Waals surface area contributed by atoms with Gasteiger partial charge in [-0.05, 0) is 74.4 Å². The van der Waals surface area contributed by atoms with Crippen molar-refractivity contribution in [1.82, 2.24) is 4.72 Å². The minimum atomic E-state index is -3.68. The fourth-order valence-corrected chi connectivity index (χ4v) is 4.77. The van der Waals surface area contributed by atoms with Gasteiger partial charge in [-0.1, -0.05) is 30.3 Å². The fraction of sp³-hybridized carbons (Fsp3) is 0.400. The quantitative estimate of drug-likeness (QED) is 0.831. The summed E-state index contributed by atoms with van der Waals surface area (Å²) in [6.45, 7) is 9.56. The second-order valence-corrected chi connectivity index (χ2v) is 8.35. The summed E-state index contributed by atoms with van der Waals surface area (Å²) in [5.41, 5.74) is 5.62. The van der Waals surface area contributed by atoms with Crippen LogP contribution in [-0.2, 0) is 16.4 Å². The standard InChI is InChI=1S/C20H27NO3S/c1-13-14(2)16(4)20(17(5)15(13)3)25(23,24)21-12-19(22)11-18-9-7-6-8-10-18/h6-10,19,21-22H,11-12H2,1-5H3. The molecule has 1 atom stereocenters. The second kappa shape index (κ2) is 7.68. The molecule has 1 unspecified atom stereocenters. The van der Waals surface area contributed by atoms with Crippen LogP contribution in [0.5, 0.6) is 0 Å². The predicted octanol–water partition coefficient (Wildman–Crippen LogP) is 3.11. The number of benzene rings is 2. The van der Waals surface area contributed by atoms with E-state index in [4.69, 9.17) is 0 Å². The summed E-state index contributed by atoms with van der Waals surface area (Å²) in [5.74, 6) is 0. The zero-order chi connectivity index (χ0) is 18.8. The van der Waals surface area contributed by atoms with Gasteiger partial charge < -0.3 is 5.11 Å². The Bertz CT molecular complexity index is 829. The smallest absolute Gasteiger partial charge is 0.241 e. The Hall–Kier alpha value is -1.69. The molecule has 2 aromatic carbocycles. The van der Waals surface area contributed by atoms with E-state index in [0.29, 0.717) is 11.3 Å². The lowest BCUT2D eigenvalue weighted by atomic mass is 9.95. The Morgan fingerprint density at radius 3 is 1.88 bits per heavy atom. The molecule has 4 nitrogen and oxygen atoms in total. The van der Waals surface area contributed by atoms with E-state index in [1.165, 1.54) is 0 Å². The summed E-state index contributed by atoms with van der Waals surface area (Å²) in [4.78, 5) is 0.333. The van der Waals surface area contributed by atoms with Crippen LogP contribution >= 0.6 is 0 Å². The van der Waals surface area contributed by atoms with Crippen LogP contribution in [0.15, 0.2) is 35.2 Å². The molecular formula is C20H27NO3S. The van der Waals surface area contributed by atoms with Crippen molar-refractivity contribution in [2.24, 2.45) is 0 Å². The lowest BCUT2D eigenvalue weighted by molar-refractivity contribution is 0.179. The van der Waals surface area contributed by atoms with Gasteiger partial charge in [0.15, 0.2) is 0 Å². The van der Waals surface area contributed by atoms with E-state index in [0.717, 1.165) is 33.4 Å². The fourth-order valence-electron chi connectivity index (χ4n) is 3.11. The minimum absolute atomic E-state index is 0.0118. The third-order valence-corrected chi connectivity index (χ3v) is 6.72. The normalized spacial score (nSPS) is 13.0. The molecule has 0 saturated carbocycles. The first-order valence-electron chi connectivity index (χ1n) is 8.43. The Balaban J connectivity index is 2.20. The number of nitrogens with one attached hydrogen (secondary N) is 1. The third kappa shape index (κ3) is 4.29. The lowest BCUT2D eigenvalue weighted by Gasteiger charge is -2.20. The van der Waals surface area contributed by atoms with Crippen molar-refractivity contribution in [3.05, 3.63) is 63.7 Å². The summed E-state index contributed by atoms with van der Waals surface area (Å²) >= 11 is 0. The van der Waals surface area contributed by atoms with Crippen molar-refractivity contribution < 1.29 is 13.5 Å². The highest BCUT2D eigenvalue weighted by atomic mass is 32.2. The maximum Gasteiger partial charge on any atom is 0.241 e. The number of aliphatic hydroxyl groups excluding tert-OH is 1. The van der Waals surface area contributed by atoms with Gasteiger partial charge in [0.05, 0.1) is 11.0 Å². The average Bonchev–Trinajstić information content (AvgIpc) is 2.57. The lowest BCUT2D eigenvalue weighted by Crippen LogP contribution is -2.34. The molecule has 0 aliphatic rings. The van der Waals surface area contributed by atoms with Crippen molar-refractivity contribution in [2.75, 3.05) is 6.54 Å². The largest absolute Gasteiger partial charge is 0.391 e. The van der Waals surface area contributed by atoms with Crippen molar-refractivity contribution in [2.45, 2.75) is 52.0 Å². The molecule has 0 radical (unpaired) electrons. The van der Waals surface area contributed by atoms with Gasteiger partial charge in [-0.3, -0.25) is 0 Å². The van der Waals surface area contributed by atoms with Gasteiger partial charge in [-0.25, -0.2) is 13.1 Å². The van der Waals surface area contributed by atoms with Crippen LogP contribution in [0.2, 0.25) is 0 Å². The predicted molar refractivity (Wildman–Crippen MR) is 101 cm³/mol. The van der Waals surface area contributed by atoms with Gasteiger partial charge in [0.2, 0.25) is 10.0 Å². The first-order valence-corrected chi connectivity index (χ1v) is 9.92. The molecule has 5 heteroatoms. The van der Waals surface area contributed by atoms with Gasteiger partial charge in [0.1, 0.15) is 0 Å². The Morgan fingerprint density at radius 2 is 1.36 bits per heavy atom. The van der Waals surface area contributed by atoms with Crippen LogP contribution in [0.25, 0.3) is 0 Å². The topological polar surface area (TPSA) is 66.4 Å². The van der Waals surface area contributed by atoms with Crippen molar-refractivity contribution in [3.63, 3.8) is 0 Å². The van der Waals surface area contributed by atoms with E-state index in [9.17, 15) is 13.5 Å². The molecule has 0 saturated heterocycles. The van der Waals surface area contributed by atoms with Crippen molar-refractivity contribution in [3.8, 4) is 0 Å². The van der Waals surface area contributed by atoms with Crippen molar-refractivity contribution >= 4 is 10.0 Å². The number of aliphatic hydroxyl groups is 1. The monoisotopic (exact) mass is 361 g/mol. The highest BCUT2D eigenvalue weighted by Gasteiger charge is 2.24. The molecule has 2 aromatic rings. The SMILES string of the molecule is Cc1c(C)c(C)c(S(=O)(=O)NCC(O)Cc2ccccc2)c(C)c1C. The zero-order valence-corrected chi connectivity index (χ0v) is 16.4. The van der Waals surface area contributed by atoms with E-state index in [1.807, 2.05) is 65.0 Å². The van der Waals surface area contributed by atoms with Crippen LogP contribution < -0.4 is 4.72 Å². The van der Waals surface area contributed by atoms with E-state index in [1.54, 1.807) is 0 Å². The Kier molecular flexibility index (Phi) is 6.03. The van der Waals surface area contributed by atoms with Crippen molar-refractivity contribution in [1.29, 1.82) is 0 Å². The summed E-state index contributed by atoms with van der Waals surface area (Å²) in [5, 5.41) is 10.2. The average molecular weight is 362 g/mol. The number of hydrogen-bond donors (Lipinski definition) is 2. The molecule has 2 N–H and O–H groups in total. The molecule has 0 fully saturated rings. The molecule has 0 aliphatic carbocycles. The molecule has 0 bridgehead atoms. The number of rotatable bonds is 6. The first-order chi connectivity index (χ1) is 11.6. The molecule has 0 aliphatic heterocycles. The van der Waals surface area contributed by atoms with Crippen LogP contribution in [0, 0.1) is 34.6 Å². The summed E-state index contributed by atoms with van der Waals surface area (Å²) in [6.07, 6.45) is -0.363. The summed E-state index contributed by atoms with van der Waals surface area (Å²) in [6, 6.07) is 9.54. The Labute approximate surface area is 151 Å². The minimum Gasteiger partial charge on any atom is -0.391 e. The molecule has 0 amide bonds. The van der Waals surface area contributed by atoms with Crippen LogP contribution in [0.1, 0.15) is 33.4 Å². The zero-order valence-electron chi connectivity index (χ0n) is 15.6. The molecular weight excluding hydrogens is 334 g/mol. The van der Waals surface area contributed by atoms with E-state index < -0.39 is 16.1 Å².